The molecule has 8 bridgehead atoms. The van der Waals surface area contributed by atoms with Gasteiger partial charge in [-0.3, -0.25) is 0 Å². The third kappa shape index (κ3) is 6.11. The molecule has 0 N–H and O–H groups in total. The van der Waals surface area contributed by atoms with Gasteiger partial charge < -0.3 is 21.3 Å². The number of fused-ring (bicyclic) bond motifs is 8. The summed E-state index contributed by atoms with van der Waals surface area (Å²) in [4.78, 5) is 0. The van der Waals surface area contributed by atoms with Crippen LogP contribution in [-0.4, -0.2) is 48.3 Å². The summed E-state index contributed by atoms with van der Waals surface area (Å²) in [6.45, 7) is 0. The van der Waals surface area contributed by atoms with Gasteiger partial charge in [0.1, 0.15) is 0 Å². The Bertz CT molecular complexity index is 664. The molecule has 1 radical (unpaired) electrons. The van der Waals surface area contributed by atoms with E-state index in [1.807, 2.05) is 0 Å². The van der Waals surface area contributed by atoms with E-state index in [-0.39, 0.29) is 22.4 Å². The maximum absolute atomic E-state index is 5.87. The first kappa shape index (κ1) is 27.7. The van der Waals surface area contributed by atoms with Crippen LogP contribution in [0.15, 0.2) is 0 Å². The third-order valence-corrected chi connectivity index (χ3v) is 12.0. The summed E-state index contributed by atoms with van der Waals surface area (Å²) in [6, 6.07) is 4.66. The van der Waals surface area contributed by atoms with Gasteiger partial charge in [-0.25, -0.2) is 0 Å². The number of hydrogen-bond acceptors (Lipinski definition) is 0. The van der Waals surface area contributed by atoms with Crippen molar-refractivity contribution in [1.82, 2.24) is 0 Å². The summed E-state index contributed by atoms with van der Waals surface area (Å²) in [5, 5.41) is 22.5. The van der Waals surface area contributed by atoms with Gasteiger partial charge >= 0.3 is 0 Å². The molecule has 5 aliphatic heterocycles. The fourth-order valence-electron chi connectivity index (χ4n) is 10.5. The van der Waals surface area contributed by atoms with Crippen LogP contribution in [0.4, 0.5) is 0 Å². The van der Waals surface area contributed by atoms with Gasteiger partial charge in [0.05, 0.1) is 0 Å². The molecule has 37 heavy (non-hydrogen) atoms. The van der Waals surface area contributed by atoms with E-state index in [1.165, 1.54) is 128 Å². The second kappa shape index (κ2) is 12.6. The average Bonchev–Trinajstić information content (AvgIpc) is 3.72. The zero-order valence-corrected chi connectivity index (χ0v) is 24.6. The molecule has 5 saturated heterocycles. The van der Waals surface area contributed by atoms with Gasteiger partial charge in [0, 0.05) is 22.4 Å². The van der Waals surface area contributed by atoms with Gasteiger partial charge in [-0.05, 0) is 11.8 Å². The van der Waals surface area contributed by atoms with Crippen molar-refractivity contribution in [2.24, 2.45) is 23.7 Å². The Balaban J connectivity index is 0.00000252. The Morgan fingerprint density at radius 3 is 1.14 bits per heavy atom. The van der Waals surface area contributed by atoms with Crippen LogP contribution >= 0.6 is 0 Å². The van der Waals surface area contributed by atoms with Crippen LogP contribution in [0, 0.1) is 23.7 Å². The van der Waals surface area contributed by atoms with Crippen molar-refractivity contribution in [3.8, 4) is 0 Å². The quantitative estimate of drug-likeness (QED) is 0.285. The Hall–Kier alpha value is 0.580. The second-order valence-corrected chi connectivity index (χ2v) is 14.2. The first-order valence-electron chi connectivity index (χ1n) is 16.6. The van der Waals surface area contributed by atoms with E-state index in [9.17, 15) is 0 Å². The van der Waals surface area contributed by atoms with Gasteiger partial charge in [0.25, 0.3) is 0 Å². The minimum absolute atomic E-state index is 0. The molecule has 0 amide bonds. The van der Waals surface area contributed by atoms with Crippen LogP contribution in [0.5, 0.6) is 0 Å². The SMILES string of the molecule is C1CCC(C2C3CCC(CC4CCC(CC5CCC([N-]5)C(C5CCCCC5)C5CCC2[N-]5)[N-]4)[N-]3)CC1.[Ag]. The van der Waals surface area contributed by atoms with Crippen LogP contribution < -0.4 is 0 Å². The maximum atomic E-state index is 5.87. The van der Waals surface area contributed by atoms with E-state index < -0.39 is 0 Å². The molecule has 5 heteroatoms. The topological polar surface area (TPSA) is 56.4 Å². The first-order valence-corrected chi connectivity index (χ1v) is 16.6. The van der Waals surface area contributed by atoms with Crippen LogP contribution in [0.3, 0.4) is 0 Å². The fourth-order valence-corrected chi connectivity index (χ4v) is 10.5. The molecule has 4 nitrogen and oxygen atoms in total. The number of nitrogens with zero attached hydrogens (tertiary/aromatic N) is 4. The molecule has 0 aromatic heterocycles. The van der Waals surface area contributed by atoms with E-state index in [2.05, 4.69) is 0 Å². The van der Waals surface area contributed by atoms with Gasteiger partial charge in [-0.2, -0.15) is 0 Å². The van der Waals surface area contributed by atoms with E-state index in [1.54, 1.807) is 0 Å². The maximum Gasteiger partial charge on any atom is 0 e. The minimum Gasteiger partial charge on any atom is -0.657 e. The monoisotopic (exact) mass is 599 g/mol. The van der Waals surface area contributed by atoms with Crippen molar-refractivity contribution in [2.75, 3.05) is 0 Å². The molecular formula is C32H52AgN4-4. The molecule has 2 saturated carbocycles. The summed E-state index contributed by atoms with van der Waals surface area (Å²) in [5.41, 5.74) is 0. The Morgan fingerprint density at radius 2 is 0.676 bits per heavy atom. The van der Waals surface area contributed by atoms with Crippen LogP contribution in [0.2, 0.25) is 0 Å². The smallest absolute Gasteiger partial charge is 0 e. The molecule has 0 aromatic rings. The van der Waals surface area contributed by atoms with Crippen molar-refractivity contribution in [1.29, 1.82) is 0 Å². The summed E-state index contributed by atoms with van der Waals surface area (Å²) < 4.78 is 0. The fraction of sp³-hybridized carbons (Fsp3) is 1.00. The average molecular weight is 601 g/mol. The van der Waals surface area contributed by atoms with Crippen LogP contribution in [0.1, 0.15) is 128 Å². The second-order valence-electron chi connectivity index (χ2n) is 14.2. The molecular weight excluding hydrogens is 548 g/mol. The predicted molar refractivity (Wildman–Crippen MR) is 150 cm³/mol. The van der Waals surface area contributed by atoms with Crippen molar-refractivity contribution >= 4 is 0 Å². The van der Waals surface area contributed by atoms with Crippen molar-refractivity contribution < 1.29 is 22.4 Å². The summed E-state index contributed by atoms with van der Waals surface area (Å²) in [5.74, 6) is 3.24. The van der Waals surface area contributed by atoms with Gasteiger partial charge in [-0.1, -0.05) is 140 Å². The summed E-state index contributed by atoms with van der Waals surface area (Å²) >= 11 is 0. The molecule has 10 unspecified atom stereocenters. The summed E-state index contributed by atoms with van der Waals surface area (Å²) in [6.07, 6.45) is 27.6. The summed E-state index contributed by atoms with van der Waals surface area (Å²) in [7, 11) is 0. The molecule has 0 aromatic carbocycles. The molecule has 7 rings (SSSR count). The zero-order chi connectivity index (χ0) is 23.9. The van der Waals surface area contributed by atoms with Gasteiger partial charge in [0.2, 0.25) is 0 Å². The van der Waals surface area contributed by atoms with Crippen LogP contribution in [0.25, 0.3) is 21.3 Å². The molecule has 5 heterocycles. The van der Waals surface area contributed by atoms with E-state index in [0.717, 1.165) is 23.7 Å². The number of hydrogen-bond donors (Lipinski definition) is 0. The molecule has 2 aliphatic carbocycles. The zero-order valence-electron chi connectivity index (χ0n) is 23.2. The molecule has 10 atom stereocenters. The first-order chi connectivity index (χ1) is 17.8. The number of rotatable bonds is 2. The third-order valence-electron chi connectivity index (χ3n) is 12.0. The van der Waals surface area contributed by atoms with E-state index >= 15 is 0 Å². The Labute approximate surface area is 243 Å². The standard InChI is InChI=1S/C32H52N4.Ag/c1-3-7-21(8-4-1)31-27-15-13-25(34-27)19-23-11-12-24(33-23)20-26-14-16-28(35-26)32(22-9-5-2-6-10-22)30-18-17-29(31)36-30;/h21-32H,1-20H2;/q-4;. The van der Waals surface area contributed by atoms with E-state index in [0.29, 0.717) is 48.3 Å². The Morgan fingerprint density at radius 1 is 0.324 bits per heavy atom. The minimum atomic E-state index is 0. The van der Waals surface area contributed by atoms with Crippen molar-refractivity contribution in [2.45, 2.75) is 177 Å². The molecule has 7 aliphatic rings. The van der Waals surface area contributed by atoms with E-state index in [4.69, 9.17) is 21.3 Å². The Kier molecular flexibility index (Phi) is 9.46. The molecule has 215 valence electrons. The normalized spacial score (nSPS) is 47.7. The predicted octanol–water partition coefficient (Wildman–Crippen LogP) is 8.79. The van der Waals surface area contributed by atoms with Crippen molar-refractivity contribution in [3.05, 3.63) is 21.3 Å². The largest absolute Gasteiger partial charge is 0.657 e. The molecule has 0 spiro atoms. The van der Waals surface area contributed by atoms with Gasteiger partial charge in [-0.15, -0.1) is 48.3 Å². The van der Waals surface area contributed by atoms with Gasteiger partial charge in [0.15, 0.2) is 0 Å². The van der Waals surface area contributed by atoms with Crippen LogP contribution in [-0.2, 0) is 22.4 Å². The van der Waals surface area contributed by atoms with Crippen molar-refractivity contribution in [3.63, 3.8) is 0 Å². The molecule has 7 fully saturated rings.